The van der Waals surface area contributed by atoms with E-state index in [2.05, 4.69) is 15.9 Å². The molecule has 1 saturated heterocycles. The van der Waals surface area contributed by atoms with Gasteiger partial charge in [0.15, 0.2) is 0 Å². The minimum Gasteiger partial charge on any atom is -0.378 e. The van der Waals surface area contributed by atoms with Crippen molar-refractivity contribution in [2.24, 2.45) is 0 Å². The Labute approximate surface area is 159 Å². The number of anilines is 2. The number of thioether (sulfide) groups is 1. The Bertz CT molecular complexity index is 831. The number of benzene rings is 2. The highest BCUT2D eigenvalue weighted by molar-refractivity contribution is 9.10. The van der Waals surface area contributed by atoms with Crippen LogP contribution in [0, 0.1) is 0 Å². The summed E-state index contributed by atoms with van der Waals surface area (Å²) in [7, 11) is 4.01. The van der Waals surface area contributed by atoms with Crippen molar-refractivity contribution in [3.05, 3.63) is 63.5 Å². The van der Waals surface area contributed by atoms with Crippen LogP contribution in [0.1, 0.15) is 5.56 Å². The molecule has 0 bridgehead atoms. The zero-order chi connectivity index (χ0) is 17.3. The first-order chi connectivity index (χ1) is 11.5. The van der Waals surface area contributed by atoms with E-state index in [4.69, 9.17) is 12.2 Å². The molecular weight excluding hydrogens is 404 g/mol. The number of amides is 1. The van der Waals surface area contributed by atoms with Crippen LogP contribution in [0.25, 0.3) is 6.08 Å². The second kappa shape index (κ2) is 7.09. The van der Waals surface area contributed by atoms with Crippen LogP contribution < -0.4 is 9.80 Å². The van der Waals surface area contributed by atoms with E-state index in [0.29, 0.717) is 4.99 Å². The van der Waals surface area contributed by atoms with E-state index in [0.717, 1.165) is 26.3 Å². The summed E-state index contributed by atoms with van der Waals surface area (Å²) in [6, 6.07) is 15.7. The summed E-state index contributed by atoms with van der Waals surface area (Å²) < 4.78 is 0.845. The fourth-order valence-electron chi connectivity index (χ4n) is 2.33. The van der Waals surface area contributed by atoms with Gasteiger partial charge in [-0.15, -0.1) is 0 Å². The highest BCUT2D eigenvalue weighted by atomic mass is 79.9. The lowest BCUT2D eigenvalue weighted by Gasteiger charge is -2.16. The minimum absolute atomic E-state index is 0.0805. The van der Waals surface area contributed by atoms with Crippen LogP contribution in [0.2, 0.25) is 0 Å². The summed E-state index contributed by atoms with van der Waals surface area (Å²) >= 11 is 10.2. The van der Waals surface area contributed by atoms with Gasteiger partial charge in [-0.05, 0) is 63.6 Å². The lowest BCUT2D eigenvalue weighted by Crippen LogP contribution is -2.26. The third-order valence-corrected chi connectivity index (χ3v) is 5.68. The van der Waals surface area contributed by atoms with E-state index >= 15 is 0 Å². The molecule has 2 aromatic rings. The Morgan fingerprint density at radius 1 is 1.12 bits per heavy atom. The summed E-state index contributed by atoms with van der Waals surface area (Å²) in [6.45, 7) is 0. The molecule has 122 valence electrons. The van der Waals surface area contributed by atoms with Gasteiger partial charge in [0.2, 0.25) is 0 Å². The molecule has 6 heteroatoms. The van der Waals surface area contributed by atoms with Crippen molar-refractivity contribution in [3.8, 4) is 0 Å². The summed E-state index contributed by atoms with van der Waals surface area (Å²) in [5.74, 6) is 0. The summed E-state index contributed by atoms with van der Waals surface area (Å²) in [6.07, 6.45) is 1.96. The van der Waals surface area contributed by atoms with Crippen molar-refractivity contribution >= 4 is 67.6 Å². The summed E-state index contributed by atoms with van der Waals surface area (Å²) in [5.41, 5.74) is 2.92. The monoisotopic (exact) mass is 418 g/mol. The van der Waals surface area contributed by atoms with E-state index < -0.39 is 0 Å². The Kier molecular flexibility index (Phi) is 5.08. The molecule has 0 aromatic heterocycles. The van der Waals surface area contributed by atoms with Crippen molar-refractivity contribution in [3.63, 3.8) is 0 Å². The summed E-state index contributed by atoms with van der Waals surface area (Å²) in [4.78, 5) is 17.4. The van der Waals surface area contributed by atoms with Crippen LogP contribution in [0.15, 0.2) is 57.9 Å². The number of nitrogens with zero attached hydrogens (tertiary/aromatic N) is 2. The van der Waals surface area contributed by atoms with Crippen LogP contribution in [-0.2, 0) is 0 Å². The smallest absolute Gasteiger partial charge is 0.296 e. The van der Waals surface area contributed by atoms with E-state index in [1.807, 2.05) is 73.6 Å². The molecule has 1 aliphatic heterocycles. The predicted octanol–water partition coefficient (Wildman–Crippen LogP) is 5.56. The van der Waals surface area contributed by atoms with Gasteiger partial charge in [0.05, 0.1) is 10.6 Å². The van der Waals surface area contributed by atoms with Gasteiger partial charge in [0, 0.05) is 24.3 Å². The van der Waals surface area contributed by atoms with Crippen molar-refractivity contribution in [2.45, 2.75) is 0 Å². The van der Waals surface area contributed by atoms with Crippen LogP contribution in [-0.4, -0.2) is 24.3 Å². The molecular formula is C18H15BrN2OS2. The minimum atomic E-state index is -0.0805. The maximum Gasteiger partial charge on any atom is 0.296 e. The number of carbonyl (C=O) groups excluding carboxylic acids is 1. The average Bonchev–Trinajstić information content (AvgIpc) is 2.83. The van der Waals surface area contributed by atoms with Gasteiger partial charge in [0.1, 0.15) is 4.99 Å². The Morgan fingerprint density at radius 3 is 2.42 bits per heavy atom. The van der Waals surface area contributed by atoms with Gasteiger partial charge in [-0.3, -0.25) is 9.69 Å². The predicted molar refractivity (Wildman–Crippen MR) is 111 cm³/mol. The number of halogens is 1. The first kappa shape index (κ1) is 17.2. The molecule has 0 radical (unpaired) electrons. The number of hydrogen-bond donors (Lipinski definition) is 0. The van der Waals surface area contributed by atoms with Gasteiger partial charge in [-0.2, -0.15) is 0 Å². The first-order valence-corrected chi connectivity index (χ1v) is 9.29. The summed E-state index contributed by atoms with van der Waals surface area (Å²) in [5, 5.41) is -0.0805. The molecule has 24 heavy (non-hydrogen) atoms. The molecule has 0 aliphatic carbocycles. The molecule has 3 rings (SSSR count). The van der Waals surface area contributed by atoms with Crippen LogP contribution in [0.4, 0.5) is 16.2 Å². The molecule has 1 heterocycles. The number of para-hydroxylation sites is 1. The van der Waals surface area contributed by atoms with E-state index in [1.54, 1.807) is 4.90 Å². The number of rotatable bonds is 3. The third-order valence-electron chi connectivity index (χ3n) is 3.59. The molecule has 1 amide bonds. The molecule has 0 unspecified atom stereocenters. The Morgan fingerprint density at radius 2 is 1.79 bits per heavy atom. The van der Waals surface area contributed by atoms with Crippen LogP contribution in [0.5, 0.6) is 0 Å². The number of carbonyl (C=O) groups is 1. The Balaban J connectivity index is 1.90. The molecule has 1 aliphatic rings. The van der Waals surface area contributed by atoms with E-state index in [-0.39, 0.29) is 5.24 Å². The third kappa shape index (κ3) is 3.41. The SMILES string of the molecule is CN(C)c1ccc(/C=C2/SC(=O)N(c3ccccc3Br)C2=S)cc1. The lowest BCUT2D eigenvalue weighted by molar-refractivity contribution is 0.268. The normalized spacial score (nSPS) is 16.1. The highest BCUT2D eigenvalue weighted by Crippen LogP contribution is 2.39. The first-order valence-electron chi connectivity index (χ1n) is 7.27. The molecule has 1 fully saturated rings. The Hall–Kier alpha value is -1.63. The maximum absolute atomic E-state index is 12.4. The van der Waals surface area contributed by atoms with Crippen molar-refractivity contribution in [2.75, 3.05) is 23.9 Å². The van der Waals surface area contributed by atoms with E-state index in [1.165, 1.54) is 11.8 Å². The van der Waals surface area contributed by atoms with Crippen molar-refractivity contribution in [1.29, 1.82) is 0 Å². The molecule has 2 aromatic carbocycles. The lowest BCUT2D eigenvalue weighted by atomic mass is 10.2. The molecule has 0 saturated carbocycles. The molecule has 0 spiro atoms. The van der Waals surface area contributed by atoms with Gasteiger partial charge in [0.25, 0.3) is 5.24 Å². The van der Waals surface area contributed by atoms with Crippen molar-refractivity contribution in [1.82, 2.24) is 0 Å². The average molecular weight is 419 g/mol. The highest BCUT2D eigenvalue weighted by Gasteiger charge is 2.33. The number of hydrogen-bond acceptors (Lipinski definition) is 4. The fraction of sp³-hybridized carbons (Fsp3) is 0.111. The molecule has 0 N–H and O–H groups in total. The molecule has 0 atom stereocenters. The van der Waals surface area contributed by atoms with Crippen LogP contribution in [0.3, 0.4) is 0 Å². The molecule has 3 nitrogen and oxygen atoms in total. The van der Waals surface area contributed by atoms with E-state index in [9.17, 15) is 4.79 Å². The quantitative estimate of drug-likeness (QED) is 0.480. The fourth-order valence-corrected chi connectivity index (χ4v) is 4.06. The van der Waals surface area contributed by atoms with Gasteiger partial charge >= 0.3 is 0 Å². The van der Waals surface area contributed by atoms with Crippen molar-refractivity contribution < 1.29 is 4.79 Å². The van der Waals surface area contributed by atoms with Crippen LogP contribution >= 0.6 is 39.9 Å². The second-order valence-corrected chi connectivity index (χ2v) is 7.69. The standard InChI is InChI=1S/C18H15BrN2OS2/c1-20(2)13-9-7-12(8-10-13)11-16-17(23)21(18(22)24-16)15-6-4-3-5-14(15)19/h3-11H,1-2H3/b16-11+. The zero-order valence-electron chi connectivity index (χ0n) is 13.2. The maximum atomic E-state index is 12.4. The number of thiocarbonyl (C=S) groups is 1. The van der Waals surface area contributed by atoms with Gasteiger partial charge < -0.3 is 4.90 Å². The van der Waals surface area contributed by atoms with Gasteiger partial charge in [-0.25, -0.2) is 0 Å². The second-order valence-electron chi connectivity index (χ2n) is 5.45. The van der Waals surface area contributed by atoms with Gasteiger partial charge in [-0.1, -0.05) is 36.5 Å². The largest absolute Gasteiger partial charge is 0.378 e. The topological polar surface area (TPSA) is 23.6 Å². The zero-order valence-corrected chi connectivity index (χ0v) is 16.4.